The molecule has 28 heavy (non-hydrogen) atoms. The van der Waals surface area contributed by atoms with Crippen molar-refractivity contribution in [1.82, 2.24) is 4.98 Å². The van der Waals surface area contributed by atoms with Crippen LogP contribution < -0.4 is 14.5 Å². The van der Waals surface area contributed by atoms with Gasteiger partial charge in [-0.25, -0.2) is 9.78 Å². The number of carbonyl (C=O) groups is 1. The first-order valence-corrected chi connectivity index (χ1v) is 9.75. The lowest BCUT2D eigenvalue weighted by Gasteiger charge is -2.29. The maximum Gasteiger partial charge on any atom is 0.343 e. The fourth-order valence-corrected chi connectivity index (χ4v) is 4.10. The van der Waals surface area contributed by atoms with Crippen molar-refractivity contribution in [2.75, 3.05) is 38.1 Å². The van der Waals surface area contributed by atoms with Gasteiger partial charge in [-0.15, -0.1) is 0 Å². The number of esters is 1. The molecule has 0 amide bonds. The number of fused-ring (bicyclic) bond motifs is 1. The SMILES string of the molecule is C[NH+]1CCN(c2nc3ccc(OC(=O)c4ccc([N+](=O)[O-])cc4)cc3s2)CC1. The molecule has 1 aliphatic heterocycles. The summed E-state index contributed by atoms with van der Waals surface area (Å²) in [6.07, 6.45) is 0. The van der Waals surface area contributed by atoms with Crippen molar-refractivity contribution in [3.63, 3.8) is 0 Å². The van der Waals surface area contributed by atoms with Crippen molar-refractivity contribution < 1.29 is 19.4 Å². The van der Waals surface area contributed by atoms with Crippen molar-refractivity contribution in [2.24, 2.45) is 0 Å². The monoisotopic (exact) mass is 399 g/mol. The Morgan fingerprint density at radius 2 is 1.93 bits per heavy atom. The van der Waals surface area contributed by atoms with Crippen LogP contribution in [-0.4, -0.2) is 49.1 Å². The molecule has 0 aliphatic carbocycles. The van der Waals surface area contributed by atoms with E-state index in [4.69, 9.17) is 9.72 Å². The normalized spacial score (nSPS) is 15.0. The number of anilines is 1. The third-order valence-corrected chi connectivity index (χ3v) is 5.84. The van der Waals surface area contributed by atoms with Gasteiger partial charge in [0, 0.05) is 18.2 Å². The van der Waals surface area contributed by atoms with Gasteiger partial charge in [-0.3, -0.25) is 10.1 Å². The second-order valence-electron chi connectivity index (χ2n) is 6.76. The predicted molar refractivity (Wildman–Crippen MR) is 107 cm³/mol. The van der Waals surface area contributed by atoms with E-state index in [1.54, 1.807) is 23.5 Å². The van der Waals surface area contributed by atoms with Crippen LogP contribution in [0.3, 0.4) is 0 Å². The number of aromatic nitrogens is 1. The molecule has 1 aliphatic rings. The summed E-state index contributed by atoms with van der Waals surface area (Å²) in [5, 5.41) is 11.7. The number of nitro groups is 1. The van der Waals surface area contributed by atoms with Gasteiger partial charge in [-0.05, 0) is 24.3 Å². The van der Waals surface area contributed by atoms with Crippen LogP contribution in [0.15, 0.2) is 42.5 Å². The summed E-state index contributed by atoms with van der Waals surface area (Å²) in [7, 11) is 2.20. The molecule has 0 bridgehead atoms. The minimum absolute atomic E-state index is 0.0688. The standard InChI is InChI=1S/C19H18N4O4S/c1-21-8-10-22(11-9-21)19-20-16-7-6-15(12-17(16)28-19)27-18(24)13-2-4-14(5-3-13)23(25)26/h2-7,12H,8-11H2,1H3/p+1. The zero-order valence-electron chi connectivity index (χ0n) is 15.3. The Balaban J connectivity index is 1.49. The van der Waals surface area contributed by atoms with E-state index in [2.05, 4.69) is 11.9 Å². The van der Waals surface area contributed by atoms with Gasteiger partial charge in [0.2, 0.25) is 0 Å². The van der Waals surface area contributed by atoms with Crippen molar-refractivity contribution in [3.8, 4) is 5.75 Å². The van der Waals surface area contributed by atoms with E-state index < -0.39 is 10.9 Å². The van der Waals surface area contributed by atoms with Crippen LogP contribution in [0.2, 0.25) is 0 Å². The van der Waals surface area contributed by atoms with Crippen molar-refractivity contribution in [3.05, 3.63) is 58.1 Å². The summed E-state index contributed by atoms with van der Waals surface area (Å²) >= 11 is 1.59. The second kappa shape index (κ2) is 7.53. The van der Waals surface area contributed by atoms with Crippen LogP contribution in [0.4, 0.5) is 10.8 Å². The molecule has 2 aromatic carbocycles. The summed E-state index contributed by atoms with van der Waals surface area (Å²) in [6.45, 7) is 4.14. The van der Waals surface area contributed by atoms with Crippen molar-refractivity contribution in [2.45, 2.75) is 0 Å². The number of hydrogen-bond donors (Lipinski definition) is 1. The third-order valence-electron chi connectivity index (χ3n) is 4.76. The lowest BCUT2D eigenvalue weighted by molar-refractivity contribution is -0.880. The topological polar surface area (TPSA) is 90.0 Å². The molecule has 3 aromatic rings. The Kier molecular flexibility index (Phi) is 4.93. The number of benzene rings is 2. The number of non-ortho nitro benzene ring substituents is 1. The molecule has 1 N–H and O–H groups in total. The van der Waals surface area contributed by atoms with Crippen molar-refractivity contribution in [1.29, 1.82) is 0 Å². The smallest absolute Gasteiger partial charge is 0.343 e. The largest absolute Gasteiger partial charge is 0.423 e. The van der Waals surface area contributed by atoms with Crippen LogP contribution in [0, 0.1) is 10.1 Å². The highest BCUT2D eigenvalue weighted by Crippen LogP contribution is 2.31. The number of ether oxygens (including phenoxy) is 1. The van der Waals surface area contributed by atoms with Crippen LogP contribution >= 0.6 is 11.3 Å². The summed E-state index contributed by atoms with van der Waals surface area (Å²) in [4.78, 5) is 31.0. The molecule has 1 fully saturated rings. The number of likely N-dealkylation sites (N-methyl/N-ethyl adjacent to an activating group) is 1. The van der Waals surface area contributed by atoms with Crippen LogP contribution in [0.25, 0.3) is 10.2 Å². The van der Waals surface area contributed by atoms with Gasteiger partial charge in [-0.1, -0.05) is 11.3 Å². The van der Waals surface area contributed by atoms with Crippen LogP contribution in [0.1, 0.15) is 10.4 Å². The van der Waals surface area contributed by atoms with Crippen molar-refractivity contribution >= 4 is 38.3 Å². The zero-order valence-corrected chi connectivity index (χ0v) is 16.1. The third kappa shape index (κ3) is 3.80. The molecule has 8 nitrogen and oxygen atoms in total. The average Bonchev–Trinajstić information content (AvgIpc) is 3.12. The van der Waals surface area contributed by atoms with Gasteiger partial charge >= 0.3 is 5.97 Å². The maximum absolute atomic E-state index is 12.3. The number of carbonyl (C=O) groups excluding carboxylic acids is 1. The molecule has 2 heterocycles. The molecule has 0 atom stereocenters. The number of thiazole rings is 1. The first-order valence-electron chi connectivity index (χ1n) is 8.93. The zero-order chi connectivity index (χ0) is 19.7. The fraction of sp³-hybridized carbons (Fsp3) is 0.263. The molecule has 1 aromatic heterocycles. The summed E-state index contributed by atoms with van der Waals surface area (Å²) < 4.78 is 6.38. The summed E-state index contributed by atoms with van der Waals surface area (Å²) in [6, 6.07) is 10.7. The highest BCUT2D eigenvalue weighted by molar-refractivity contribution is 7.22. The Morgan fingerprint density at radius 3 is 2.61 bits per heavy atom. The molecule has 0 radical (unpaired) electrons. The predicted octanol–water partition coefficient (Wildman–Crippen LogP) is 1.76. The lowest BCUT2D eigenvalue weighted by atomic mass is 10.2. The van der Waals surface area contributed by atoms with Gasteiger partial charge < -0.3 is 14.5 Å². The minimum atomic E-state index is -0.555. The average molecular weight is 399 g/mol. The van der Waals surface area contributed by atoms with Gasteiger partial charge in [-0.2, -0.15) is 0 Å². The molecule has 0 saturated carbocycles. The Bertz CT molecular complexity index is 1030. The minimum Gasteiger partial charge on any atom is -0.423 e. The van der Waals surface area contributed by atoms with E-state index in [0.717, 1.165) is 41.5 Å². The van der Waals surface area contributed by atoms with Gasteiger partial charge in [0.1, 0.15) is 5.75 Å². The molecular formula is C19H19N4O4S+. The molecule has 9 heteroatoms. The molecule has 144 valence electrons. The maximum atomic E-state index is 12.3. The Labute approximate surface area is 165 Å². The second-order valence-corrected chi connectivity index (χ2v) is 7.77. The summed E-state index contributed by atoms with van der Waals surface area (Å²) in [5.41, 5.74) is 1.07. The molecule has 1 saturated heterocycles. The van der Waals surface area contributed by atoms with E-state index >= 15 is 0 Å². The van der Waals surface area contributed by atoms with E-state index in [0.29, 0.717) is 5.75 Å². The first kappa shape index (κ1) is 18.3. The Hall–Kier alpha value is -3.04. The van der Waals surface area contributed by atoms with E-state index in [1.807, 2.05) is 6.07 Å². The number of quaternary nitrogens is 1. The number of rotatable bonds is 4. The van der Waals surface area contributed by atoms with Gasteiger partial charge in [0.15, 0.2) is 5.13 Å². The number of nitro benzene ring substituents is 1. The van der Waals surface area contributed by atoms with E-state index in [9.17, 15) is 14.9 Å². The quantitative estimate of drug-likeness (QED) is 0.311. The van der Waals surface area contributed by atoms with Crippen LogP contribution in [-0.2, 0) is 0 Å². The number of nitrogens with zero attached hydrogens (tertiary/aromatic N) is 3. The number of piperazine rings is 1. The van der Waals surface area contributed by atoms with Crippen LogP contribution in [0.5, 0.6) is 5.75 Å². The number of nitrogens with one attached hydrogen (secondary N) is 1. The first-order chi connectivity index (χ1) is 13.5. The van der Waals surface area contributed by atoms with Gasteiger partial charge in [0.25, 0.3) is 5.69 Å². The molecule has 0 unspecified atom stereocenters. The van der Waals surface area contributed by atoms with E-state index in [1.165, 1.54) is 29.2 Å². The van der Waals surface area contributed by atoms with E-state index in [-0.39, 0.29) is 11.3 Å². The summed E-state index contributed by atoms with van der Waals surface area (Å²) in [5.74, 6) is -0.130. The van der Waals surface area contributed by atoms with Gasteiger partial charge in [0.05, 0.1) is 53.9 Å². The Morgan fingerprint density at radius 1 is 1.21 bits per heavy atom. The molecular weight excluding hydrogens is 380 g/mol. The highest BCUT2D eigenvalue weighted by Gasteiger charge is 2.20. The molecule has 0 spiro atoms. The number of hydrogen-bond acceptors (Lipinski definition) is 7. The lowest BCUT2D eigenvalue weighted by Crippen LogP contribution is -3.12. The fourth-order valence-electron chi connectivity index (χ4n) is 3.06. The highest BCUT2D eigenvalue weighted by atomic mass is 32.1. The molecule has 4 rings (SSSR count).